The van der Waals surface area contributed by atoms with Crippen LogP contribution in [-0.2, 0) is 0 Å². The number of nitrogens with one attached hydrogen (secondary N) is 1. The Kier molecular flexibility index (Phi) is 5.46. The summed E-state index contributed by atoms with van der Waals surface area (Å²) >= 11 is -0.0830. The summed E-state index contributed by atoms with van der Waals surface area (Å²) in [6.07, 6.45) is 0. The van der Waals surface area contributed by atoms with E-state index < -0.39 is 5.51 Å². The van der Waals surface area contributed by atoms with Crippen molar-refractivity contribution in [1.82, 2.24) is 0 Å². The summed E-state index contributed by atoms with van der Waals surface area (Å²) < 4.78 is 46.0. The molecule has 0 fully saturated rings. The Morgan fingerprint density at radius 3 is 2.32 bits per heavy atom. The number of anilines is 2. The molecule has 0 unspecified atom stereocenters. The van der Waals surface area contributed by atoms with Crippen molar-refractivity contribution in [2.45, 2.75) is 5.51 Å². The zero-order valence-corrected chi connectivity index (χ0v) is 11.3. The molecule has 1 aromatic rings. The molecule has 1 rings (SSSR count). The second-order valence-electron chi connectivity index (χ2n) is 3.52. The summed E-state index contributed by atoms with van der Waals surface area (Å²) in [5, 5.41) is 2.83. The number of nitrogens with two attached hydrogens (primary N) is 1. The molecule has 19 heavy (non-hydrogen) atoms. The fourth-order valence-corrected chi connectivity index (χ4v) is 1.84. The molecule has 108 valence electrons. The van der Waals surface area contributed by atoms with E-state index in [1.807, 2.05) is 0 Å². The van der Waals surface area contributed by atoms with Gasteiger partial charge in [0, 0.05) is 24.4 Å². The van der Waals surface area contributed by atoms with Crippen LogP contribution in [0, 0.1) is 0 Å². The van der Waals surface area contributed by atoms with Crippen molar-refractivity contribution in [3.05, 3.63) is 12.1 Å². The van der Waals surface area contributed by atoms with Crippen LogP contribution in [0.5, 0.6) is 11.5 Å². The van der Waals surface area contributed by atoms with Crippen molar-refractivity contribution < 1.29 is 22.6 Å². The molecular formula is C11H15F3N2O2S. The Labute approximate surface area is 113 Å². The predicted molar refractivity (Wildman–Crippen MR) is 71.0 cm³/mol. The zero-order chi connectivity index (χ0) is 14.5. The van der Waals surface area contributed by atoms with E-state index in [0.717, 1.165) is 0 Å². The van der Waals surface area contributed by atoms with Gasteiger partial charge in [0.05, 0.1) is 25.6 Å². The molecule has 0 radical (unpaired) electrons. The van der Waals surface area contributed by atoms with Crippen molar-refractivity contribution in [3.63, 3.8) is 0 Å². The number of halogens is 3. The fraction of sp³-hybridized carbons (Fsp3) is 0.455. The largest absolute Gasteiger partial charge is 0.493 e. The highest BCUT2D eigenvalue weighted by atomic mass is 32.2. The van der Waals surface area contributed by atoms with Gasteiger partial charge >= 0.3 is 5.51 Å². The smallest absolute Gasteiger partial charge is 0.441 e. The lowest BCUT2D eigenvalue weighted by molar-refractivity contribution is -0.0327. The average molecular weight is 296 g/mol. The van der Waals surface area contributed by atoms with Crippen molar-refractivity contribution in [1.29, 1.82) is 0 Å². The third kappa shape index (κ3) is 4.98. The van der Waals surface area contributed by atoms with Crippen LogP contribution < -0.4 is 20.5 Å². The summed E-state index contributed by atoms with van der Waals surface area (Å²) in [4.78, 5) is 0. The first-order valence-corrected chi connectivity index (χ1v) is 6.32. The van der Waals surface area contributed by atoms with E-state index in [4.69, 9.17) is 15.2 Å². The minimum absolute atomic E-state index is 0.0830. The highest BCUT2D eigenvalue weighted by Gasteiger charge is 2.27. The molecular weight excluding hydrogens is 281 g/mol. The van der Waals surface area contributed by atoms with Crippen LogP contribution in [0.2, 0.25) is 0 Å². The van der Waals surface area contributed by atoms with Crippen LogP contribution in [0.1, 0.15) is 0 Å². The fourth-order valence-electron chi connectivity index (χ4n) is 1.40. The van der Waals surface area contributed by atoms with Crippen LogP contribution in [0.15, 0.2) is 12.1 Å². The molecule has 0 saturated heterocycles. The van der Waals surface area contributed by atoms with Crippen LogP contribution in [0.25, 0.3) is 0 Å². The Balaban J connectivity index is 2.63. The maximum Gasteiger partial charge on any atom is 0.441 e. The van der Waals surface area contributed by atoms with Gasteiger partial charge in [-0.25, -0.2) is 0 Å². The van der Waals surface area contributed by atoms with Gasteiger partial charge in [0.25, 0.3) is 0 Å². The second kappa shape index (κ2) is 6.65. The van der Waals surface area contributed by atoms with Crippen molar-refractivity contribution in [2.75, 3.05) is 37.6 Å². The number of alkyl halides is 3. The number of methoxy groups -OCH3 is 2. The van der Waals surface area contributed by atoms with Gasteiger partial charge < -0.3 is 20.5 Å². The lowest BCUT2D eigenvalue weighted by Gasteiger charge is -2.14. The van der Waals surface area contributed by atoms with Crippen molar-refractivity contribution in [3.8, 4) is 11.5 Å². The standard InChI is InChI=1S/C11H15F3N2O2S/c1-17-9-5-7(15)8(6-10(9)18-2)16-3-4-19-11(12,13)14/h5-6,16H,3-4,15H2,1-2H3. The Morgan fingerprint density at radius 1 is 1.21 bits per heavy atom. The molecule has 0 aliphatic rings. The van der Waals surface area contributed by atoms with Gasteiger partial charge in [-0.2, -0.15) is 13.2 Å². The molecule has 0 aliphatic carbocycles. The monoisotopic (exact) mass is 296 g/mol. The normalized spacial score (nSPS) is 11.2. The third-order valence-electron chi connectivity index (χ3n) is 2.24. The molecule has 0 amide bonds. The molecule has 0 bridgehead atoms. The number of hydrogen-bond donors (Lipinski definition) is 2. The number of ether oxygens (including phenoxy) is 2. The highest BCUT2D eigenvalue weighted by Crippen LogP contribution is 2.35. The van der Waals surface area contributed by atoms with E-state index >= 15 is 0 Å². The van der Waals surface area contributed by atoms with Crippen molar-refractivity contribution in [2.24, 2.45) is 0 Å². The lowest BCUT2D eigenvalue weighted by atomic mass is 10.2. The van der Waals surface area contributed by atoms with E-state index in [9.17, 15) is 13.2 Å². The van der Waals surface area contributed by atoms with Gasteiger partial charge in [-0.3, -0.25) is 0 Å². The maximum absolute atomic E-state index is 12.0. The highest BCUT2D eigenvalue weighted by molar-refractivity contribution is 8.00. The molecule has 4 nitrogen and oxygen atoms in total. The summed E-state index contributed by atoms with van der Waals surface area (Å²) in [6, 6.07) is 3.14. The van der Waals surface area contributed by atoms with Gasteiger partial charge in [-0.15, -0.1) is 0 Å². The van der Waals surface area contributed by atoms with E-state index in [1.165, 1.54) is 14.2 Å². The molecule has 0 heterocycles. The minimum atomic E-state index is -4.22. The third-order valence-corrected chi connectivity index (χ3v) is 2.97. The van der Waals surface area contributed by atoms with Crippen LogP contribution in [0.4, 0.5) is 24.5 Å². The molecule has 3 N–H and O–H groups in total. The number of rotatable bonds is 6. The number of thioether (sulfide) groups is 1. The summed E-state index contributed by atoms with van der Waals surface area (Å²) in [5.74, 6) is 0.829. The Morgan fingerprint density at radius 2 is 1.79 bits per heavy atom. The number of nitrogen functional groups attached to an aromatic ring is 1. The lowest BCUT2D eigenvalue weighted by Crippen LogP contribution is -2.10. The molecule has 8 heteroatoms. The quantitative estimate of drug-likeness (QED) is 0.624. The molecule has 1 aromatic carbocycles. The summed E-state index contributed by atoms with van der Waals surface area (Å²) in [6.45, 7) is 0.143. The van der Waals surface area contributed by atoms with E-state index in [1.54, 1.807) is 12.1 Å². The Bertz CT molecular complexity index is 427. The first-order chi connectivity index (χ1) is 8.87. The van der Waals surface area contributed by atoms with Crippen LogP contribution in [-0.4, -0.2) is 32.0 Å². The summed E-state index contributed by atoms with van der Waals surface area (Å²) in [7, 11) is 2.95. The van der Waals surface area contributed by atoms with Gasteiger partial charge in [0.15, 0.2) is 11.5 Å². The minimum Gasteiger partial charge on any atom is -0.493 e. The van der Waals surface area contributed by atoms with Crippen LogP contribution in [0.3, 0.4) is 0 Å². The van der Waals surface area contributed by atoms with Gasteiger partial charge in [0.2, 0.25) is 0 Å². The average Bonchev–Trinajstić information content (AvgIpc) is 2.34. The first-order valence-electron chi connectivity index (χ1n) is 5.33. The van der Waals surface area contributed by atoms with E-state index in [2.05, 4.69) is 5.32 Å². The van der Waals surface area contributed by atoms with E-state index in [-0.39, 0.29) is 24.1 Å². The van der Waals surface area contributed by atoms with Crippen LogP contribution >= 0.6 is 11.8 Å². The molecule has 0 atom stereocenters. The number of hydrogen-bond acceptors (Lipinski definition) is 5. The van der Waals surface area contributed by atoms with Gasteiger partial charge in [-0.05, 0) is 11.8 Å². The predicted octanol–water partition coefficient (Wildman–Crippen LogP) is 2.95. The van der Waals surface area contributed by atoms with E-state index in [0.29, 0.717) is 22.9 Å². The topological polar surface area (TPSA) is 56.5 Å². The molecule has 0 aromatic heterocycles. The second-order valence-corrected chi connectivity index (χ2v) is 4.68. The Hall–Kier alpha value is -1.44. The first kappa shape index (κ1) is 15.6. The maximum atomic E-state index is 12.0. The number of benzene rings is 1. The SMILES string of the molecule is COc1cc(N)c(NCCSC(F)(F)F)cc1OC. The summed E-state index contributed by atoms with van der Waals surface area (Å²) in [5.41, 5.74) is 2.44. The molecule has 0 saturated carbocycles. The van der Waals surface area contributed by atoms with Crippen molar-refractivity contribution >= 4 is 23.1 Å². The zero-order valence-electron chi connectivity index (χ0n) is 10.5. The van der Waals surface area contributed by atoms with Gasteiger partial charge in [0.1, 0.15) is 0 Å². The van der Waals surface area contributed by atoms with Gasteiger partial charge in [-0.1, -0.05) is 0 Å². The molecule has 0 aliphatic heterocycles. The molecule has 0 spiro atoms.